The largest absolute Gasteiger partial charge is 0.347 e. The Hall–Kier alpha value is -3.28. The first-order valence-electron chi connectivity index (χ1n) is 8.90. The first-order valence-corrected chi connectivity index (χ1v) is 8.90. The SMILES string of the molecule is CCC(=O)N(C)c1ccc(C2=NC(C(=O)NCc3cccnc3)=CC2)cc1. The summed E-state index contributed by atoms with van der Waals surface area (Å²) >= 11 is 0. The topological polar surface area (TPSA) is 74.7 Å². The number of aromatic nitrogens is 1. The lowest BCUT2D eigenvalue weighted by molar-refractivity contribution is -0.118. The normalized spacial score (nSPS) is 13.0. The number of carbonyl (C=O) groups excluding carboxylic acids is 2. The molecule has 1 aliphatic rings. The van der Waals surface area contributed by atoms with E-state index in [9.17, 15) is 9.59 Å². The van der Waals surface area contributed by atoms with Crippen molar-refractivity contribution in [3.63, 3.8) is 0 Å². The van der Waals surface area contributed by atoms with Gasteiger partial charge in [0, 0.05) is 44.5 Å². The standard InChI is InChI=1S/C21H22N4O2/c1-3-20(26)25(2)17-8-6-16(7-9-17)18-10-11-19(24-18)21(27)23-14-15-5-4-12-22-13-15/h4-9,11-13H,3,10,14H2,1-2H3,(H,23,27). The molecule has 0 saturated carbocycles. The maximum absolute atomic E-state index is 12.3. The molecule has 0 radical (unpaired) electrons. The molecule has 0 aliphatic carbocycles. The Kier molecular flexibility index (Phi) is 5.76. The van der Waals surface area contributed by atoms with Gasteiger partial charge in [-0.2, -0.15) is 0 Å². The smallest absolute Gasteiger partial charge is 0.269 e. The van der Waals surface area contributed by atoms with E-state index in [1.807, 2.05) is 49.4 Å². The summed E-state index contributed by atoms with van der Waals surface area (Å²) < 4.78 is 0. The van der Waals surface area contributed by atoms with Crippen LogP contribution in [0, 0.1) is 0 Å². The van der Waals surface area contributed by atoms with E-state index in [4.69, 9.17) is 0 Å². The number of hydrogen-bond donors (Lipinski definition) is 1. The molecule has 2 amide bonds. The van der Waals surface area contributed by atoms with Gasteiger partial charge in [-0.05, 0) is 35.4 Å². The minimum atomic E-state index is -0.196. The second-order valence-electron chi connectivity index (χ2n) is 6.25. The highest BCUT2D eigenvalue weighted by Gasteiger charge is 2.17. The van der Waals surface area contributed by atoms with Gasteiger partial charge in [0.05, 0.1) is 5.71 Å². The van der Waals surface area contributed by atoms with E-state index < -0.39 is 0 Å². The fourth-order valence-corrected chi connectivity index (χ4v) is 2.79. The monoisotopic (exact) mass is 362 g/mol. The van der Waals surface area contributed by atoms with Crippen molar-refractivity contribution in [1.82, 2.24) is 10.3 Å². The third-order valence-corrected chi connectivity index (χ3v) is 4.42. The summed E-state index contributed by atoms with van der Waals surface area (Å²) in [5.74, 6) is -0.131. The summed E-state index contributed by atoms with van der Waals surface area (Å²) in [6.07, 6.45) is 6.32. The van der Waals surface area contributed by atoms with Gasteiger partial charge >= 0.3 is 0 Å². The molecule has 0 atom stereocenters. The number of hydrogen-bond acceptors (Lipinski definition) is 4. The molecule has 1 aromatic carbocycles. The van der Waals surface area contributed by atoms with Crippen molar-refractivity contribution in [2.24, 2.45) is 4.99 Å². The van der Waals surface area contributed by atoms with Crippen LogP contribution in [0.15, 0.2) is 65.6 Å². The van der Waals surface area contributed by atoms with Gasteiger partial charge in [-0.1, -0.05) is 25.1 Å². The van der Waals surface area contributed by atoms with E-state index in [1.54, 1.807) is 24.3 Å². The minimum absolute atomic E-state index is 0.0650. The van der Waals surface area contributed by atoms with Gasteiger partial charge in [0.1, 0.15) is 5.70 Å². The first kappa shape index (κ1) is 18.5. The number of pyridine rings is 1. The van der Waals surface area contributed by atoms with Crippen LogP contribution in [0.25, 0.3) is 0 Å². The van der Waals surface area contributed by atoms with E-state index >= 15 is 0 Å². The third-order valence-electron chi connectivity index (χ3n) is 4.42. The number of allylic oxidation sites excluding steroid dienone is 1. The molecule has 0 bridgehead atoms. The Labute approximate surface area is 158 Å². The Morgan fingerprint density at radius 3 is 2.63 bits per heavy atom. The van der Waals surface area contributed by atoms with Crippen LogP contribution in [0.2, 0.25) is 0 Å². The number of benzene rings is 1. The molecule has 1 aliphatic heterocycles. The second kappa shape index (κ2) is 8.40. The van der Waals surface area contributed by atoms with Crippen LogP contribution in [0.5, 0.6) is 0 Å². The predicted octanol–water partition coefficient (Wildman–Crippen LogP) is 2.85. The molecule has 27 heavy (non-hydrogen) atoms. The van der Waals surface area contributed by atoms with Crippen LogP contribution in [0.4, 0.5) is 5.69 Å². The number of nitrogens with zero attached hydrogens (tertiary/aromatic N) is 3. The molecular weight excluding hydrogens is 340 g/mol. The predicted molar refractivity (Wildman–Crippen MR) is 105 cm³/mol. The molecule has 138 valence electrons. The van der Waals surface area contributed by atoms with Gasteiger partial charge in [-0.3, -0.25) is 14.6 Å². The molecule has 2 aromatic rings. The van der Waals surface area contributed by atoms with E-state index in [-0.39, 0.29) is 11.8 Å². The molecule has 0 fully saturated rings. The van der Waals surface area contributed by atoms with Crippen LogP contribution < -0.4 is 10.2 Å². The lowest BCUT2D eigenvalue weighted by atomic mass is 10.1. The Morgan fingerprint density at radius 2 is 1.96 bits per heavy atom. The van der Waals surface area contributed by atoms with Crippen molar-refractivity contribution in [2.45, 2.75) is 26.3 Å². The highest BCUT2D eigenvalue weighted by molar-refractivity contribution is 6.08. The van der Waals surface area contributed by atoms with Crippen molar-refractivity contribution >= 4 is 23.2 Å². The number of aliphatic imine (C=N–C) groups is 1. The number of anilines is 1. The average molecular weight is 362 g/mol. The average Bonchev–Trinajstić information content (AvgIpc) is 3.22. The van der Waals surface area contributed by atoms with Crippen LogP contribution in [-0.2, 0) is 16.1 Å². The zero-order chi connectivity index (χ0) is 19.2. The Bertz CT molecular complexity index is 886. The molecule has 3 rings (SSSR count). The molecule has 0 spiro atoms. The fraction of sp³-hybridized carbons (Fsp3) is 0.238. The number of amides is 2. The summed E-state index contributed by atoms with van der Waals surface area (Å²) in [6, 6.07) is 11.4. The molecule has 6 nitrogen and oxygen atoms in total. The van der Waals surface area contributed by atoms with Gasteiger partial charge in [0.25, 0.3) is 5.91 Å². The second-order valence-corrected chi connectivity index (χ2v) is 6.25. The van der Waals surface area contributed by atoms with Gasteiger partial charge in [-0.25, -0.2) is 4.99 Å². The number of nitrogens with one attached hydrogen (secondary N) is 1. The summed E-state index contributed by atoms with van der Waals surface area (Å²) in [5, 5.41) is 2.86. The van der Waals surface area contributed by atoms with E-state index in [0.717, 1.165) is 22.5 Å². The van der Waals surface area contributed by atoms with E-state index in [0.29, 0.717) is 25.1 Å². The quantitative estimate of drug-likeness (QED) is 0.859. The molecule has 0 saturated heterocycles. The maximum Gasteiger partial charge on any atom is 0.269 e. The fourth-order valence-electron chi connectivity index (χ4n) is 2.79. The van der Waals surface area contributed by atoms with Crippen LogP contribution in [-0.4, -0.2) is 29.6 Å². The minimum Gasteiger partial charge on any atom is -0.347 e. The molecule has 1 aromatic heterocycles. The maximum atomic E-state index is 12.3. The van der Waals surface area contributed by atoms with Gasteiger partial charge in [0.2, 0.25) is 5.91 Å². The van der Waals surface area contributed by atoms with Crippen molar-refractivity contribution in [3.05, 3.63) is 71.7 Å². The Balaban J connectivity index is 1.62. The molecule has 6 heteroatoms. The van der Waals surface area contributed by atoms with E-state index in [1.165, 1.54) is 0 Å². The number of rotatable bonds is 6. The zero-order valence-corrected chi connectivity index (χ0v) is 15.5. The van der Waals surface area contributed by atoms with Crippen molar-refractivity contribution in [3.8, 4) is 0 Å². The zero-order valence-electron chi connectivity index (χ0n) is 15.5. The highest BCUT2D eigenvalue weighted by atomic mass is 16.2. The van der Waals surface area contributed by atoms with Crippen LogP contribution in [0.3, 0.4) is 0 Å². The molecule has 2 heterocycles. The van der Waals surface area contributed by atoms with Gasteiger partial charge in [0.15, 0.2) is 0 Å². The summed E-state index contributed by atoms with van der Waals surface area (Å²) in [4.78, 5) is 34.2. The first-order chi connectivity index (χ1) is 13.1. The van der Waals surface area contributed by atoms with Gasteiger partial charge in [-0.15, -0.1) is 0 Å². The molecule has 1 N–H and O–H groups in total. The van der Waals surface area contributed by atoms with Gasteiger partial charge < -0.3 is 10.2 Å². The number of carbonyl (C=O) groups is 2. The third kappa shape index (κ3) is 4.47. The molecule has 0 unspecified atom stereocenters. The van der Waals surface area contributed by atoms with Crippen molar-refractivity contribution in [1.29, 1.82) is 0 Å². The van der Waals surface area contributed by atoms with Crippen LogP contribution >= 0.6 is 0 Å². The summed E-state index contributed by atoms with van der Waals surface area (Å²) in [5.41, 5.74) is 4.00. The summed E-state index contributed by atoms with van der Waals surface area (Å²) in [7, 11) is 1.76. The van der Waals surface area contributed by atoms with Crippen molar-refractivity contribution < 1.29 is 9.59 Å². The lowest BCUT2D eigenvalue weighted by Gasteiger charge is -2.16. The highest BCUT2D eigenvalue weighted by Crippen LogP contribution is 2.20. The molecular formula is C21H22N4O2. The van der Waals surface area contributed by atoms with Crippen molar-refractivity contribution in [2.75, 3.05) is 11.9 Å². The Morgan fingerprint density at radius 1 is 1.19 bits per heavy atom. The lowest BCUT2D eigenvalue weighted by Crippen LogP contribution is -2.25. The van der Waals surface area contributed by atoms with Crippen LogP contribution in [0.1, 0.15) is 30.9 Å². The summed E-state index contributed by atoms with van der Waals surface area (Å²) in [6.45, 7) is 2.26. The van der Waals surface area contributed by atoms with E-state index in [2.05, 4.69) is 15.3 Å².